The minimum atomic E-state index is -0.0915. The van der Waals surface area contributed by atoms with E-state index in [0.29, 0.717) is 30.9 Å². The molecular formula is C19H21N5O3. The van der Waals surface area contributed by atoms with E-state index in [0.717, 1.165) is 25.0 Å². The van der Waals surface area contributed by atoms with E-state index in [-0.39, 0.29) is 17.9 Å². The molecule has 1 aromatic carbocycles. The third kappa shape index (κ3) is 3.90. The largest absolute Gasteiger partial charge is 0.356 e. The fourth-order valence-electron chi connectivity index (χ4n) is 3.33. The Hall–Kier alpha value is -3.00. The van der Waals surface area contributed by atoms with E-state index < -0.39 is 0 Å². The number of piperazine rings is 1. The molecule has 8 heteroatoms. The molecule has 0 spiro atoms. The van der Waals surface area contributed by atoms with Crippen LogP contribution in [0.25, 0.3) is 11.0 Å². The van der Waals surface area contributed by atoms with E-state index >= 15 is 0 Å². The van der Waals surface area contributed by atoms with Gasteiger partial charge in [-0.2, -0.15) is 5.10 Å². The fourth-order valence-corrected chi connectivity index (χ4v) is 3.33. The highest BCUT2D eigenvalue weighted by molar-refractivity contribution is 5.86. The molecule has 1 fully saturated rings. The van der Waals surface area contributed by atoms with Crippen LogP contribution in [0.5, 0.6) is 0 Å². The second-order valence-corrected chi connectivity index (χ2v) is 6.61. The zero-order valence-corrected chi connectivity index (χ0v) is 15.0. The van der Waals surface area contributed by atoms with Gasteiger partial charge >= 0.3 is 0 Å². The molecule has 1 aliphatic rings. The van der Waals surface area contributed by atoms with Crippen LogP contribution in [0.3, 0.4) is 0 Å². The van der Waals surface area contributed by atoms with Crippen LogP contribution in [-0.2, 0) is 17.8 Å². The minimum absolute atomic E-state index is 0.0645. The van der Waals surface area contributed by atoms with Gasteiger partial charge in [0.2, 0.25) is 5.91 Å². The Bertz CT molecular complexity index is 988. The van der Waals surface area contributed by atoms with Gasteiger partial charge in [-0.25, -0.2) is 4.68 Å². The van der Waals surface area contributed by atoms with E-state index in [1.165, 1.54) is 10.7 Å². The zero-order chi connectivity index (χ0) is 18.6. The maximum Gasteiger partial charge on any atom is 0.266 e. The summed E-state index contributed by atoms with van der Waals surface area (Å²) in [7, 11) is 0. The Balaban J connectivity index is 1.29. The lowest BCUT2D eigenvalue weighted by molar-refractivity contribution is -0.132. The fraction of sp³-hybridized carbons (Fsp3) is 0.368. The number of hydrogen-bond acceptors (Lipinski definition) is 6. The highest BCUT2D eigenvalue weighted by atomic mass is 16.5. The summed E-state index contributed by atoms with van der Waals surface area (Å²) in [6.45, 7) is 4.21. The molecule has 2 aromatic heterocycles. The maximum absolute atomic E-state index is 12.6. The summed E-state index contributed by atoms with van der Waals surface area (Å²) >= 11 is 0. The van der Waals surface area contributed by atoms with Crippen LogP contribution in [0.1, 0.15) is 5.69 Å². The quantitative estimate of drug-likeness (QED) is 0.662. The van der Waals surface area contributed by atoms with Crippen LogP contribution >= 0.6 is 0 Å². The molecule has 140 valence electrons. The van der Waals surface area contributed by atoms with Gasteiger partial charge in [-0.3, -0.25) is 14.5 Å². The molecule has 0 unspecified atom stereocenters. The molecule has 3 heterocycles. The summed E-state index contributed by atoms with van der Waals surface area (Å²) in [5, 5.41) is 9.01. The monoisotopic (exact) mass is 367 g/mol. The topological polar surface area (TPSA) is 84.5 Å². The number of rotatable bonds is 5. The summed E-state index contributed by atoms with van der Waals surface area (Å²) in [5.74, 6) is 0.0645. The summed E-state index contributed by atoms with van der Waals surface area (Å²) in [6, 6.07) is 10.7. The van der Waals surface area contributed by atoms with E-state index in [4.69, 9.17) is 4.52 Å². The number of amides is 1. The molecule has 0 atom stereocenters. The van der Waals surface area contributed by atoms with Gasteiger partial charge in [-0.05, 0) is 18.2 Å². The van der Waals surface area contributed by atoms with Crippen molar-refractivity contribution < 1.29 is 9.32 Å². The predicted octanol–water partition coefficient (Wildman–Crippen LogP) is 0.771. The molecule has 0 N–H and O–H groups in total. The van der Waals surface area contributed by atoms with E-state index in [1.54, 1.807) is 12.3 Å². The van der Waals surface area contributed by atoms with Crippen molar-refractivity contribution in [1.82, 2.24) is 24.7 Å². The van der Waals surface area contributed by atoms with Crippen molar-refractivity contribution in [2.24, 2.45) is 0 Å². The van der Waals surface area contributed by atoms with Gasteiger partial charge in [-0.15, -0.1) is 0 Å². The third-order valence-electron chi connectivity index (χ3n) is 4.91. The lowest BCUT2D eigenvalue weighted by Crippen LogP contribution is -2.50. The van der Waals surface area contributed by atoms with E-state index in [1.807, 2.05) is 29.2 Å². The first-order chi connectivity index (χ1) is 13.2. The Morgan fingerprint density at radius 1 is 1.04 bits per heavy atom. The van der Waals surface area contributed by atoms with Crippen LogP contribution in [0.4, 0.5) is 0 Å². The Morgan fingerprint density at radius 2 is 1.85 bits per heavy atom. The van der Waals surface area contributed by atoms with Crippen molar-refractivity contribution in [3.05, 3.63) is 58.6 Å². The Morgan fingerprint density at radius 3 is 2.67 bits per heavy atom. The number of aromatic nitrogens is 3. The molecule has 1 amide bonds. The second-order valence-electron chi connectivity index (χ2n) is 6.61. The molecule has 1 aliphatic heterocycles. The number of carbonyl (C=O) groups is 1. The summed E-state index contributed by atoms with van der Waals surface area (Å²) in [5.41, 5.74) is 1.30. The molecule has 8 nitrogen and oxygen atoms in total. The second kappa shape index (κ2) is 7.71. The Kier molecular flexibility index (Phi) is 4.97. The van der Waals surface area contributed by atoms with Crippen LogP contribution < -0.4 is 5.56 Å². The van der Waals surface area contributed by atoms with Crippen LogP contribution in [0.15, 0.2) is 51.9 Å². The zero-order valence-electron chi connectivity index (χ0n) is 15.0. The minimum Gasteiger partial charge on any atom is -0.356 e. The highest BCUT2D eigenvalue weighted by Gasteiger charge is 2.22. The first kappa shape index (κ1) is 17.4. The smallest absolute Gasteiger partial charge is 0.266 e. The molecule has 0 saturated carbocycles. The van der Waals surface area contributed by atoms with Crippen LogP contribution in [0, 0.1) is 0 Å². The number of fused-ring (bicyclic) bond motifs is 1. The van der Waals surface area contributed by atoms with Crippen LogP contribution in [0.2, 0.25) is 0 Å². The van der Waals surface area contributed by atoms with Crippen molar-refractivity contribution >= 4 is 16.9 Å². The Labute approximate surface area is 156 Å². The summed E-state index contributed by atoms with van der Waals surface area (Å²) < 4.78 is 6.74. The molecule has 0 bridgehead atoms. The number of benzene rings is 1. The van der Waals surface area contributed by atoms with Gasteiger partial charge < -0.3 is 9.42 Å². The average molecular weight is 367 g/mol. The SMILES string of the molecule is O=C(Cc1noc2ccccc12)N1CCN(CCn2ncccc2=O)CC1. The van der Waals surface area contributed by atoms with E-state index in [2.05, 4.69) is 15.2 Å². The standard InChI is InChI=1S/C19H21N5O3/c25-18-6-3-7-20-24(18)13-10-22-8-11-23(12-9-22)19(26)14-16-15-4-1-2-5-17(15)27-21-16/h1-7H,8-14H2. The normalized spacial score (nSPS) is 15.3. The first-order valence-corrected chi connectivity index (χ1v) is 9.06. The molecule has 4 rings (SSSR count). The third-order valence-corrected chi connectivity index (χ3v) is 4.91. The van der Waals surface area contributed by atoms with Crippen molar-refractivity contribution in [1.29, 1.82) is 0 Å². The summed E-state index contributed by atoms with van der Waals surface area (Å²) in [4.78, 5) is 28.4. The molecule has 0 radical (unpaired) electrons. The predicted molar refractivity (Wildman–Crippen MR) is 99.2 cm³/mol. The van der Waals surface area contributed by atoms with Gasteiger partial charge in [0, 0.05) is 50.4 Å². The first-order valence-electron chi connectivity index (χ1n) is 9.06. The molecular weight excluding hydrogens is 346 g/mol. The van der Waals surface area contributed by atoms with Crippen molar-refractivity contribution in [2.45, 2.75) is 13.0 Å². The lowest BCUT2D eigenvalue weighted by atomic mass is 10.1. The van der Waals surface area contributed by atoms with Crippen molar-refractivity contribution in [3.8, 4) is 0 Å². The van der Waals surface area contributed by atoms with E-state index in [9.17, 15) is 9.59 Å². The number of hydrogen-bond donors (Lipinski definition) is 0. The molecule has 27 heavy (non-hydrogen) atoms. The van der Waals surface area contributed by atoms with Gasteiger partial charge in [0.1, 0.15) is 5.69 Å². The summed E-state index contributed by atoms with van der Waals surface area (Å²) in [6.07, 6.45) is 1.87. The van der Waals surface area contributed by atoms with Gasteiger partial charge in [-0.1, -0.05) is 17.3 Å². The highest BCUT2D eigenvalue weighted by Crippen LogP contribution is 2.19. The van der Waals surface area contributed by atoms with Crippen molar-refractivity contribution in [3.63, 3.8) is 0 Å². The van der Waals surface area contributed by atoms with Gasteiger partial charge in [0.05, 0.1) is 13.0 Å². The lowest BCUT2D eigenvalue weighted by Gasteiger charge is -2.34. The average Bonchev–Trinajstić information content (AvgIpc) is 3.11. The number of carbonyl (C=O) groups excluding carboxylic acids is 1. The molecule has 1 saturated heterocycles. The maximum atomic E-state index is 12.6. The van der Waals surface area contributed by atoms with Crippen molar-refractivity contribution in [2.75, 3.05) is 32.7 Å². The molecule has 3 aromatic rings. The van der Waals surface area contributed by atoms with Crippen LogP contribution in [-0.4, -0.2) is 63.4 Å². The van der Waals surface area contributed by atoms with Gasteiger partial charge in [0.25, 0.3) is 5.56 Å². The number of para-hydroxylation sites is 1. The van der Waals surface area contributed by atoms with Gasteiger partial charge in [0.15, 0.2) is 5.58 Å². The number of nitrogens with zero attached hydrogens (tertiary/aromatic N) is 5. The molecule has 0 aliphatic carbocycles.